The summed E-state index contributed by atoms with van der Waals surface area (Å²) in [6.07, 6.45) is -0.482. The summed E-state index contributed by atoms with van der Waals surface area (Å²) in [4.78, 5) is 22.2. The maximum absolute atomic E-state index is 14.3. The Hall–Kier alpha value is -4.81. The first-order valence-corrected chi connectivity index (χ1v) is 15.1. The van der Waals surface area contributed by atoms with Crippen molar-refractivity contribution in [3.05, 3.63) is 140 Å². The fourth-order valence-electron chi connectivity index (χ4n) is 5.06. The van der Waals surface area contributed by atoms with Crippen LogP contribution >= 0.6 is 15.9 Å². The number of amides is 1. The van der Waals surface area contributed by atoms with Gasteiger partial charge in [-0.15, -0.1) is 0 Å². The quantitative estimate of drug-likeness (QED) is 0.0468. The second-order valence-electron chi connectivity index (χ2n) is 10.4. The second kappa shape index (κ2) is 15.0. The molecule has 4 aromatic carbocycles. The standard InChI is InChI=1S/C33H29BrF2N6O4/c34-25-10-6-22(7-11-25)30-33(19-24-4-1-2-5-29(24)40-42-37,32(44)41-38-20-21-16-26(35)18-27(36)17-21)39-31(46-30)23-8-12-28(13-9-23)45-15-3-14-43/h1-2,4-13,16-18,30,38,43H,3,14-15,19-20H2,(H,41,44)/t30-,33-/m0/s1. The summed E-state index contributed by atoms with van der Waals surface area (Å²) in [5.74, 6) is -1.29. The number of carbonyl (C=O) groups excluding carboxylic acids is 1. The van der Waals surface area contributed by atoms with Crippen LogP contribution in [-0.4, -0.2) is 35.7 Å². The van der Waals surface area contributed by atoms with Crippen LogP contribution in [-0.2, 0) is 22.5 Å². The number of hydrazine groups is 1. The molecule has 46 heavy (non-hydrogen) atoms. The molecule has 0 aliphatic carbocycles. The minimum Gasteiger partial charge on any atom is -0.494 e. The van der Waals surface area contributed by atoms with E-state index in [-0.39, 0.29) is 31.0 Å². The van der Waals surface area contributed by atoms with Gasteiger partial charge in [0.1, 0.15) is 17.4 Å². The first-order valence-electron chi connectivity index (χ1n) is 14.3. The molecule has 0 saturated carbocycles. The molecule has 0 aromatic heterocycles. The smallest absolute Gasteiger partial charge is 0.266 e. The maximum Gasteiger partial charge on any atom is 0.266 e. The van der Waals surface area contributed by atoms with Gasteiger partial charge in [-0.1, -0.05) is 57.4 Å². The van der Waals surface area contributed by atoms with Crippen LogP contribution < -0.4 is 15.6 Å². The molecule has 0 fully saturated rings. The summed E-state index contributed by atoms with van der Waals surface area (Å²) in [5, 5.41) is 12.9. The molecule has 1 aliphatic rings. The molecule has 3 N–H and O–H groups in total. The van der Waals surface area contributed by atoms with Crippen molar-refractivity contribution in [1.29, 1.82) is 0 Å². The van der Waals surface area contributed by atoms with E-state index >= 15 is 0 Å². The molecule has 0 saturated heterocycles. The van der Waals surface area contributed by atoms with Gasteiger partial charge in [-0.2, -0.15) is 0 Å². The van der Waals surface area contributed by atoms with Crippen molar-refractivity contribution in [3.63, 3.8) is 0 Å². The van der Waals surface area contributed by atoms with E-state index in [1.807, 2.05) is 24.3 Å². The molecule has 5 rings (SSSR count). The fraction of sp³-hybridized carbons (Fsp3) is 0.212. The van der Waals surface area contributed by atoms with Crippen molar-refractivity contribution in [2.75, 3.05) is 13.2 Å². The zero-order valence-electron chi connectivity index (χ0n) is 24.4. The van der Waals surface area contributed by atoms with Gasteiger partial charge in [0.15, 0.2) is 11.6 Å². The number of ether oxygens (including phenoxy) is 2. The number of aliphatic hydroxyl groups is 1. The number of nitrogens with one attached hydrogen (secondary N) is 2. The molecule has 0 unspecified atom stereocenters. The SMILES string of the molecule is [N-]=[N+]=Nc1ccccc1C[C@]1(C(=O)NNCc2cc(F)cc(F)c2)N=C(c2ccc(OCCCO)cc2)O[C@H]1c1ccc(Br)cc1. The lowest BCUT2D eigenvalue weighted by atomic mass is 9.81. The molecule has 1 heterocycles. The highest BCUT2D eigenvalue weighted by Gasteiger charge is 2.53. The monoisotopic (exact) mass is 690 g/mol. The Morgan fingerprint density at radius 3 is 2.48 bits per heavy atom. The van der Waals surface area contributed by atoms with Gasteiger partial charge < -0.3 is 14.6 Å². The van der Waals surface area contributed by atoms with Crippen molar-refractivity contribution < 1.29 is 28.2 Å². The molecule has 13 heteroatoms. The Labute approximate surface area is 271 Å². The van der Waals surface area contributed by atoms with Crippen LogP contribution in [0.5, 0.6) is 5.75 Å². The number of aliphatic imine (C=N–C) groups is 1. The molecular formula is C33H29BrF2N6O4. The van der Waals surface area contributed by atoms with Crippen LogP contribution in [0.15, 0.2) is 106 Å². The summed E-state index contributed by atoms with van der Waals surface area (Å²) < 4.78 is 40.5. The third-order valence-electron chi connectivity index (χ3n) is 7.22. The van der Waals surface area contributed by atoms with E-state index in [1.54, 1.807) is 48.5 Å². The minimum absolute atomic E-state index is 0.0150. The van der Waals surface area contributed by atoms with Crippen molar-refractivity contribution in [2.45, 2.75) is 31.0 Å². The summed E-state index contributed by atoms with van der Waals surface area (Å²) in [7, 11) is 0. The molecule has 4 aromatic rings. The Bertz CT molecular complexity index is 1750. The van der Waals surface area contributed by atoms with Crippen molar-refractivity contribution in [1.82, 2.24) is 10.9 Å². The van der Waals surface area contributed by atoms with E-state index in [1.165, 1.54) is 0 Å². The lowest BCUT2D eigenvalue weighted by molar-refractivity contribution is -0.130. The third-order valence-corrected chi connectivity index (χ3v) is 7.75. The number of rotatable bonds is 13. The van der Waals surface area contributed by atoms with Gasteiger partial charge >= 0.3 is 0 Å². The van der Waals surface area contributed by atoms with Crippen LogP contribution in [0.3, 0.4) is 0 Å². The predicted molar refractivity (Wildman–Crippen MR) is 171 cm³/mol. The number of hydrogen-bond donors (Lipinski definition) is 3. The number of benzene rings is 4. The van der Waals surface area contributed by atoms with E-state index in [2.05, 4.69) is 36.8 Å². The van der Waals surface area contributed by atoms with Crippen LogP contribution in [0.25, 0.3) is 10.4 Å². The molecule has 1 amide bonds. The number of aliphatic hydroxyl groups excluding tert-OH is 1. The minimum atomic E-state index is -1.64. The highest BCUT2D eigenvalue weighted by atomic mass is 79.9. The molecular weight excluding hydrogens is 662 g/mol. The van der Waals surface area contributed by atoms with E-state index in [0.29, 0.717) is 41.2 Å². The molecule has 2 atom stereocenters. The first-order chi connectivity index (χ1) is 22.3. The Balaban J connectivity index is 1.55. The molecule has 10 nitrogen and oxygen atoms in total. The summed E-state index contributed by atoms with van der Waals surface area (Å²) in [6.45, 7) is 0.285. The number of carbonyl (C=O) groups is 1. The van der Waals surface area contributed by atoms with E-state index in [9.17, 15) is 19.1 Å². The highest BCUT2D eigenvalue weighted by Crippen LogP contribution is 2.44. The van der Waals surface area contributed by atoms with Gasteiger partial charge in [0, 0.05) is 52.7 Å². The van der Waals surface area contributed by atoms with Gasteiger partial charge in [0.05, 0.1) is 6.61 Å². The van der Waals surface area contributed by atoms with Gasteiger partial charge in [0.2, 0.25) is 5.90 Å². The third kappa shape index (κ3) is 7.69. The van der Waals surface area contributed by atoms with Gasteiger partial charge in [-0.05, 0) is 70.8 Å². The molecule has 0 bridgehead atoms. The number of halogens is 3. The summed E-state index contributed by atoms with van der Waals surface area (Å²) in [6, 6.07) is 24.2. The van der Waals surface area contributed by atoms with Crippen LogP contribution in [0, 0.1) is 11.6 Å². The largest absolute Gasteiger partial charge is 0.494 e. The van der Waals surface area contributed by atoms with Crippen LogP contribution in [0.1, 0.15) is 34.8 Å². The molecule has 0 spiro atoms. The Morgan fingerprint density at radius 1 is 1.07 bits per heavy atom. The van der Waals surface area contributed by atoms with Crippen molar-refractivity contribution in [2.24, 2.45) is 10.1 Å². The molecule has 236 valence electrons. The van der Waals surface area contributed by atoms with Crippen molar-refractivity contribution >= 4 is 33.4 Å². The van der Waals surface area contributed by atoms with Crippen LogP contribution in [0.4, 0.5) is 14.5 Å². The number of nitrogens with zero attached hydrogens (tertiary/aromatic N) is 4. The van der Waals surface area contributed by atoms with Crippen molar-refractivity contribution in [3.8, 4) is 5.75 Å². The summed E-state index contributed by atoms with van der Waals surface area (Å²) >= 11 is 3.45. The normalized spacial score (nSPS) is 17.0. The second-order valence-corrected chi connectivity index (χ2v) is 11.3. The average Bonchev–Trinajstić information content (AvgIpc) is 3.43. The topological polar surface area (TPSA) is 141 Å². The lowest BCUT2D eigenvalue weighted by Gasteiger charge is -2.31. The highest BCUT2D eigenvalue weighted by molar-refractivity contribution is 9.10. The van der Waals surface area contributed by atoms with E-state index < -0.39 is 29.2 Å². The molecule has 0 radical (unpaired) electrons. The fourth-order valence-corrected chi connectivity index (χ4v) is 5.33. The number of azide groups is 1. The summed E-state index contributed by atoms with van der Waals surface area (Å²) in [5.41, 5.74) is 15.4. The van der Waals surface area contributed by atoms with Gasteiger partial charge in [-0.3, -0.25) is 10.2 Å². The average molecular weight is 692 g/mol. The van der Waals surface area contributed by atoms with E-state index in [4.69, 9.17) is 19.6 Å². The van der Waals surface area contributed by atoms with Gasteiger partial charge in [-0.25, -0.2) is 19.2 Å². The lowest BCUT2D eigenvalue weighted by Crippen LogP contribution is -2.53. The zero-order valence-corrected chi connectivity index (χ0v) is 26.0. The maximum atomic E-state index is 14.3. The Kier molecular flexibility index (Phi) is 10.6. The van der Waals surface area contributed by atoms with E-state index in [0.717, 1.165) is 22.7 Å². The number of hydrogen-bond acceptors (Lipinski definition) is 7. The predicted octanol–water partition coefficient (Wildman–Crippen LogP) is 6.75. The van der Waals surface area contributed by atoms with Gasteiger partial charge in [0.25, 0.3) is 5.91 Å². The zero-order chi connectivity index (χ0) is 32.5. The Morgan fingerprint density at radius 2 is 1.78 bits per heavy atom. The van der Waals surface area contributed by atoms with Crippen LogP contribution in [0.2, 0.25) is 0 Å². The molecule has 1 aliphatic heterocycles. The first kappa shape index (κ1) is 32.6.